The molecule has 7 heteroatoms. The van der Waals surface area contributed by atoms with Gasteiger partial charge in [-0.1, -0.05) is 12.1 Å². The molecule has 2 aromatic carbocycles. The fourth-order valence-electron chi connectivity index (χ4n) is 1.83. The van der Waals surface area contributed by atoms with Crippen LogP contribution in [0.25, 0.3) is 0 Å². The average molecular weight is 399 g/mol. The highest BCUT2D eigenvalue weighted by Gasteiger charge is 2.21. The first-order valence-electron chi connectivity index (χ1n) is 5.85. The van der Waals surface area contributed by atoms with Crippen molar-refractivity contribution in [1.29, 1.82) is 0 Å². The molecule has 0 radical (unpaired) electrons. The van der Waals surface area contributed by atoms with Gasteiger partial charge in [-0.3, -0.25) is 10.1 Å². The number of nitrogens with zero attached hydrogens (tertiary/aromatic N) is 1. The molecule has 2 rings (SSSR count). The Hall–Kier alpha value is -2.16. The highest BCUT2D eigenvalue weighted by atomic mass is 127. The summed E-state index contributed by atoms with van der Waals surface area (Å²) in [7, 11) is 0. The first kappa shape index (κ1) is 15.2. The fourth-order valence-corrected chi connectivity index (χ4v) is 2.32. The predicted octanol–water partition coefficient (Wildman–Crippen LogP) is 4.00. The second-order valence-electron chi connectivity index (χ2n) is 4.23. The van der Waals surface area contributed by atoms with E-state index in [2.05, 4.69) is 0 Å². The van der Waals surface area contributed by atoms with E-state index in [0.29, 0.717) is 5.56 Å². The van der Waals surface area contributed by atoms with Crippen LogP contribution in [0.4, 0.5) is 5.69 Å². The van der Waals surface area contributed by atoms with Gasteiger partial charge in [0, 0.05) is 9.13 Å². The standard InChI is InChI=1S/C14H10INO5/c1-8-3-2-4-12(13(8)16(19)20)21-11-6-5-9(15)7-10(11)14(17)18/h2-7H,1H3,(H,17,18). The van der Waals surface area contributed by atoms with Crippen molar-refractivity contribution in [3.63, 3.8) is 0 Å². The Kier molecular flexibility index (Phi) is 4.41. The Morgan fingerprint density at radius 3 is 2.62 bits per heavy atom. The van der Waals surface area contributed by atoms with E-state index in [1.165, 1.54) is 18.2 Å². The summed E-state index contributed by atoms with van der Waals surface area (Å²) in [5.41, 5.74) is 0.227. The molecule has 0 saturated heterocycles. The Morgan fingerprint density at radius 1 is 1.29 bits per heavy atom. The number of rotatable bonds is 4. The fraction of sp³-hybridized carbons (Fsp3) is 0.0714. The van der Waals surface area contributed by atoms with Crippen LogP contribution in [0.15, 0.2) is 36.4 Å². The summed E-state index contributed by atoms with van der Waals surface area (Å²) in [5, 5.41) is 20.3. The molecule has 0 unspecified atom stereocenters. The molecule has 0 aliphatic rings. The van der Waals surface area contributed by atoms with Crippen LogP contribution in [-0.4, -0.2) is 16.0 Å². The Balaban J connectivity index is 2.51. The zero-order chi connectivity index (χ0) is 15.6. The van der Waals surface area contributed by atoms with Crippen molar-refractivity contribution in [1.82, 2.24) is 0 Å². The Bertz CT molecular complexity index is 729. The van der Waals surface area contributed by atoms with Crippen LogP contribution in [0.2, 0.25) is 0 Å². The number of carboxylic acids is 1. The molecule has 0 fully saturated rings. The van der Waals surface area contributed by atoms with Crippen molar-refractivity contribution in [2.24, 2.45) is 0 Å². The molecule has 0 bridgehead atoms. The minimum Gasteiger partial charge on any atom is -0.478 e. The van der Waals surface area contributed by atoms with Gasteiger partial charge in [-0.2, -0.15) is 0 Å². The lowest BCUT2D eigenvalue weighted by Gasteiger charge is -2.10. The summed E-state index contributed by atoms with van der Waals surface area (Å²) in [6.07, 6.45) is 0. The molecule has 0 spiro atoms. The van der Waals surface area contributed by atoms with Gasteiger partial charge in [0.25, 0.3) is 0 Å². The maximum absolute atomic E-state index is 11.2. The predicted molar refractivity (Wildman–Crippen MR) is 84.0 cm³/mol. The monoisotopic (exact) mass is 399 g/mol. The molecule has 0 saturated carbocycles. The zero-order valence-electron chi connectivity index (χ0n) is 10.9. The number of nitro benzene ring substituents is 1. The second-order valence-corrected chi connectivity index (χ2v) is 5.47. The van der Waals surface area contributed by atoms with Gasteiger partial charge in [0.15, 0.2) is 0 Å². The first-order chi connectivity index (χ1) is 9.90. The van der Waals surface area contributed by atoms with Gasteiger partial charge in [0.2, 0.25) is 5.75 Å². The van der Waals surface area contributed by atoms with Crippen LogP contribution in [0.5, 0.6) is 11.5 Å². The van der Waals surface area contributed by atoms with E-state index in [4.69, 9.17) is 4.74 Å². The van der Waals surface area contributed by atoms with E-state index in [9.17, 15) is 20.0 Å². The van der Waals surface area contributed by atoms with Gasteiger partial charge in [0.1, 0.15) is 11.3 Å². The minimum atomic E-state index is -1.15. The zero-order valence-corrected chi connectivity index (χ0v) is 13.0. The lowest BCUT2D eigenvalue weighted by molar-refractivity contribution is -0.386. The molecule has 108 valence electrons. The van der Waals surface area contributed by atoms with E-state index in [0.717, 1.165) is 3.57 Å². The number of halogens is 1. The van der Waals surface area contributed by atoms with E-state index in [1.54, 1.807) is 25.1 Å². The van der Waals surface area contributed by atoms with Gasteiger partial charge in [-0.25, -0.2) is 4.79 Å². The quantitative estimate of drug-likeness (QED) is 0.477. The van der Waals surface area contributed by atoms with Crippen LogP contribution in [0, 0.1) is 20.6 Å². The molecule has 6 nitrogen and oxygen atoms in total. The number of benzene rings is 2. The molecule has 0 amide bonds. The van der Waals surface area contributed by atoms with E-state index in [-0.39, 0.29) is 22.7 Å². The maximum atomic E-state index is 11.2. The normalized spacial score (nSPS) is 10.2. The summed E-state index contributed by atoms with van der Waals surface area (Å²) in [5.74, 6) is -1.07. The van der Waals surface area contributed by atoms with Crippen molar-refractivity contribution >= 4 is 34.2 Å². The highest BCUT2D eigenvalue weighted by Crippen LogP contribution is 2.35. The molecule has 0 atom stereocenters. The molecule has 0 aliphatic heterocycles. The topological polar surface area (TPSA) is 89.7 Å². The Labute approximate surface area is 133 Å². The maximum Gasteiger partial charge on any atom is 0.339 e. The SMILES string of the molecule is Cc1cccc(Oc2ccc(I)cc2C(=O)O)c1[N+](=O)[O-]. The third-order valence-corrected chi connectivity index (χ3v) is 3.45. The van der Waals surface area contributed by atoms with E-state index < -0.39 is 10.9 Å². The van der Waals surface area contributed by atoms with Crippen LogP contribution in [0.3, 0.4) is 0 Å². The van der Waals surface area contributed by atoms with Crippen LogP contribution >= 0.6 is 22.6 Å². The molecule has 21 heavy (non-hydrogen) atoms. The minimum absolute atomic E-state index is 0.0173. The molecule has 0 aliphatic carbocycles. The molecular weight excluding hydrogens is 389 g/mol. The van der Waals surface area contributed by atoms with Gasteiger partial charge >= 0.3 is 11.7 Å². The number of ether oxygens (including phenoxy) is 1. The molecule has 0 heterocycles. The van der Waals surface area contributed by atoms with Crippen molar-refractivity contribution in [2.75, 3.05) is 0 Å². The number of para-hydroxylation sites is 1. The van der Waals surface area contributed by atoms with Crippen LogP contribution in [-0.2, 0) is 0 Å². The summed E-state index contributed by atoms with van der Waals surface area (Å²) in [4.78, 5) is 21.8. The van der Waals surface area contributed by atoms with Crippen molar-refractivity contribution < 1.29 is 19.6 Å². The van der Waals surface area contributed by atoms with E-state index >= 15 is 0 Å². The van der Waals surface area contributed by atoms with Gasteiger partial charge < -0.3 is 9.84 Å². The summed E-state index contributed by atoms with van der Waals surface area (Å²) in [6, 6.07) is 9.25. The number of carbonyl (C=O) groups is 1. The molecule has 1 N–H and O–H groups in total. The average Bonchev–Trinajstić information content (AvgIpc) is 2.40. The first-order valence-corrected chi connectivity index (χ1v) is 6.92. The van der Waals surface area contributed by atoms with Crippen LogP contribution < -0.4 is 4.74 Å². The smallest absolute Gasteiger partial charge is 0.339 e. The number of aromatic carboxylic acids is 1. The largest absolute Gasteiger partial charge is 0.478 e. The number of nitro groups is 1. The highest BCUT2D eigenvalue weighted by molar-refractivity contribution is 14.1. The van der Waals surface area contributed by atoms with Crippen LogP contribution in [0.1, 0.15) is 15.9 Å². The van der Waals surface area contributed by atoms with Gasteiger partial charge in [-0.15, -0.1) is 0 Å². The Morgan fingerprint density at radius 2 is 2.00 bits per heavy atom. The number of hydrogen-bond donors (Lipinski definition) is 1. The van der Waals surface area contributed by atoms with E-state index in [1.807, 2.05) is 22.6 Å². The van der Waals surface area contributed by atoms with Crippen molar-refractivity contribution in [2.45, 2.75) is 6.92 Å². The summed E-state index contributed by atoms with van der Waals surface area (Å²) >= 11 is 1.98. The summed E-state index contributed by atoms with van der Waals surface area (Å²) in [6.45, 7) is 1.59. The third kappa shape index (κ3) is 3.30. The van der Waals surface area contributed by atoms with Crippen molar-refractivity contribution in [3.05, 3.63) is 61.2 Å². The van der Waals surface area contributed by atoms with Gasteiger partial charge in [-0.05, 0) is 53.8 Å². The second kappa shape index (κ2) is 6.08. The lowest BCUT2D eigenvalue weighted by atomic mass is 10.1. The lowest BCUT2D eigenvalue weighted by Crippen LogP contribution is -2.02. The molecule has 0 aromatic heterocycles. The molecular formula is C14H10INO5. The van der Waals surface area contributed by atoms with Crippen molar-refractivity contribution in [3.8, 4) is 11.5 Å². The number of hydrogen-bond acceptors (Lipinski definition) is 4. The number of carboxylic acid groups (broad SMARTS) is 1. The number of aryl methyl sites for hydroxylation is 1. The molecule has 2 aromatic rings. The van der Waals surface area contributed by atoms with Gasteiger partial charge in [0.05, 0.1) is 4.92 Å². The summed E-state index contributed by atoms with van der Waals surface area (Å²) < 4.78 is 6.21. The third-order valence-electron chi connectivity index (χ3n) is 2.78.